The summed E-state index contributed by atoms with van der Waals surface area (Å²) in [6, 6.07) is 0.666. The Morgan fingerprint density at radius 1 is 1.43 bits per heavy atom. The second-order valence-corrected chi connectivity index (χ2v) is 6.37. The van der Waals surface area contributed by atoms with Crippen molar-refractivity contribution < 1.29 is 4.74 Å². The quantitative estimate of drug-likeness (QED) is 0.672. The Labute approximate surface area is 87.6 Å². The molecule has 82 valence electrons. The van der Waals surface area contributed by atoms with Crippen molar-refractivity contribution in [1.29, 1.82) is 0 Å². The third kappa shape index (κ3) is 1.82. The molecule has 0 N–H and O–H groups in total. The summed E-state index contributed by atoms with van der Waals surface area (Å²) < 4.78 is 5.88. The van der Waals surface area contributed by atoms with E-state index in [0.717, 1.165) is 12.5 Å². The molecule has 1 heterocycles. The van der Waals surface area contributed by atoms with Crippen molar-refractivity contribution in [2.24, 2.45) is 11.3 Å². The fraction of sp³-hybridized carbons (Fsp3) is 1.00. The standard InChI is InChI=1S/C12H23NO/c1-11(2,3)14-7-10-9-6-12(9,4)8-13(10)5/h9-10H,6-8H2,1-5H3/t9-,10-,12+/m1/s1. The van der Waals surface area contributed by atoms with Crippen LogP contribution in [0.4, 0.5) is 0 Å². The summed E-state index contributed by atoms with van der Waals surface area (Å²) in [5.74, 6) is 0.898. The van der Waals surface area contributed by atoms with Crippen molar-refractivity contribution in [2.45, 2.75) is 45.8 Å². The van der Waals surface area contributed by atoms with E-state index in [9.17, 15) is 0 Å². The summed E-state index contributed by atoms with van der Waals surface area (Å²) in [7, 11) is 2.23. The van der Waals surface area contributed by atoms with E-state index in [4.69, 9.17) is 4.74 Å². The summed E-state index contributed by atoms with van der Waals surface area (Å²) >= 11 is 0. The van der Waals surface area contributed by atoms with Crippen LogP contribution < -0.4 is 0 Å². The second-order valence-electron chi connectivity index (χ2n) is 6.37. The lowest BCUT2D eigenvalue weighted by molar-refractivity contribution is -0.0296. The number of nitrogens with zero attached hydrogens (tertiary/aromatic N) is 1. The van der Waals surface area contributed by atoms with E-state index < -0.39 is 0 Å². The number of rotatable bonds is 2. The highest BCUT2D eigenvalue weighted by atomic mass is 16.5. The monoisotopic (exact) mass is 197 g/mol. The zero-order chi connectivity index (χ0) is 10.6. The molecule has 0 aromatic carbocycles. The molecule has 0 unspecified atom stereocenters. The third-order valence-corrected chi connectivity index (χ3v) is 3.75. The predicted octanol–water partition coefficient (Wildman–Crippen LogP) is 2.14. The molecule has 14 heavy (non-hydrogen) atoms. The van der Waals surface area contributed by atoms with Gasteiger partial charge >= 0.3 is 0 Å². The zero-order valence-electron chi connectivity index (χ0n) is 10.1. The minimum absolute atomic E-state index is 0.00865. The van der Waals surface area contributed by atoms with E-state index >= 15 is 0 Å². The van der Waals surface area contributed by atoms with Gasteiger partial charge in [-0.05, 0) is 45.6 Å². The molecule has 2 fully saturated rings. The molecular weight excluding hydrogens is 174 g/mol. The van der Waals surface area contributed by atoms with Gasteiger partial charge in [0.15, 0.2) is 0 Å². The normalized spacial score (nSPS) is 42.6. The molecule has 1 saturated heterocycles. The molecule has 1 aliphatic carbocycles. The average Bonchev–Trinajstić information content (AvgIpc) is 2.53. The van der Waals surface area contributed by atoms with Crippen molar-refractivity contribution in [3.63, 3.8) is 0 Å². The Kier molecular flexibility index (Phi) is 2.20. The van der Waals surface area contributed by atoms with Gasteiger partial charge in [0.1, 0.15) is 0 Å². The Hall–Kier alpha value is -0.0800. The van der Waals surface area contributed by atoms with E-state index in [1.54, 1.807) is 0 Å². The van der Waals surface area contributed by atoms with E-state index in [1.807, 2.05) is 0 Å². The first-order valence-electron chi connectivity index (χ1n) is 5.66. The Morgan fingerprint density at radius 3 is 2.50 bits per heavy atom. The highest BCUT2D eigenvalue weighted by molar-refractivity contribution is 5.12. The first-order valence-corrected chi connectivity index (χ1v) is 5.66. The lowest BCUT2D eigenvalue weighted by Crippen LogP contribution is -2.36. The van der Waals surface area contributed by atoms with Gasteiger partial charge < -0.3 is 9.64 Å². The minimum atomic E-state index is 0.00865. The predicted molar refractivity (Wildman–Crippen MR) is 58.3 cm³/mol. The molecule has 2 nitrogen and oxygen atoms in total. The summed E-state index contributed by atoms with van der Waals surface area (Å²) in [5.41, 5.74) is 0.634. The lowest BCUT2D eigenvalue weighted by atomic mass is 10.1. The van der Waals surface area contributed by atoms with Crippen LogP contribution in [-0.4, -0.2) is 36.7 Å². The molecule has 3 atom stereocenters. The Morgan fingerprint density at radius 2 is 2.07 bits per heavy atom. The topological polar surface area (TPSA) is 12.5 Å². The maximum Gasteiger partial charge on any atom is 0.0631 e. The van der Waals surface area contributed by atoms with Crippen LogP contribution in [0.2, 0.25) is 0 Å². The van der Waals surface area contributed by atoms with Crippen molar-refractivity contribution >= 4 is 0 Å². The van der Waals surface area contributed by atoms with E-state index in [1.165, 1.54) is 13.0 Å². The number of likely N-dealkylation sites (tertiary alicyclic amines) is 1. The molecule has 0 amide bonds. The summed E-state index contributed by atoms with van der Waals surface area (Å²) in [6.07, 6.45) is 1.41. The van der Waals surface area contributed by atoms with Gasteiger partial charge in [-0.15, -0.1) is 0 Å². The van der Waals surface area contributed by atoms with Crippen LogP contribution >= 0.6 is 0 Å². The average molecular weight is 197 g/mol. The van der Waals surface area contributed by atoms with Crippen LogP contribution in [0, 0.1) is 11.3 Å². The third-order valence-electron chi connectivity index (χ3n) is 3.75. The molecule has 0 spiro atoms. The number of fused-ring (bicyclic) bond motifs is 1. The minimum Gasteiger partial charge on any atom is -0.374 e. The van der Waals surface area contributed by atoms with Crippen molar-refractivity contribution in [1.82, 2.24) is 4.90 Å². The molecule has 2 heteroatoms. The maximum atomic E-state index is 5.88. The van der Waals surface area contributed by atoms with Gasteiger partial charge in [-0.25, -0.2) is 0 Å². The molecular formula is C12H23NO. The molecule has 0 aromatic heterocycles. The van der Waals surface area contributed by atoms with Gasteiger partial charge in [0.25, 0.3) is 0 Å². The molecule has 0 radical (unpaired) electrons. The summed E-state index contributed by atoms with van der Waals surface area (Å²) in [5, 5.41) is 0. The van der Waals surface area contributed by atoms with Crippen LogP contribution in [-0.2, 0) is 4.74 Å². The van der Waals surface area contributed by atoms with Gasteiger partial charge in [0, 0.05) is 12.6 Å². The van der Waals surface area contributed by atoms with Crippen LogP contribution in [0.1, 0.15) is 34.1 Å². The van der Waals surface area contributed by atoms with Crippen LogP contribution in [0.5, 0.6) is 0 Å². The largest absolute Gasteiger partial charge is 0.374 e. The van der Waals surface area contributed by atoms with Crippen LogP contribution in [0.15, 0.2) is 0 Å². The van der Waals surface area contributed by atoms with Crippen LogP contribution in [0.3, 0.4) is 0 Å². The molecule has 1 aliphatic heterocycles. The van der Waals surface area contributed by atoms with Crippen molar-refractivity contribution in [3.8, 4) is 0 Å². The van der Waals surface area contributed by atoms with Gasteiger partial charge in [-0.2, -0.15) is 0 Å². The van der Waals surface area contributed by atoms with E-state index in [2.05, 4.69) is 39.6 Å². The maximum absolute atomic E-state index is 5.88. The molecule has 2 rings (SSSR count). The molecule has 2 aliphatic rings. The zero-order valence-corrected chi connectivity index (χ0v) is 10.1. The Balaban J connectivity index is 1.87. The van der Waals surface area contributed by atoms with Crippen molar-refractivity contribution in [2.75, 3.05) is 20.2 Å². The highest BCUT2D eigenvalue weighted by Crippen LogP contribution is 2.60. The molecule has 0 aromatic rings. The SMILES string of the molecule is CN1C[C@]2(C)C[C@@H]2[C@H]1COC(C)(C)C. The lowest BCUT2D eigenvalue weighted by Gasteiger charge is -2.27. The van der Waals surface area contributed by atoms with Crippen LogP contribution in [0.25, 0.3) is 0 Å². The number of hydrogen-bond acceptors (Lipinski definition) is 2. The fourth-order valence-corrected chi connectivity index (χ4v) is 2.80. The van der Waals surface area contributed by atoms with E-state index in [0.29, 0.717) is 11.5 Å². The summed E-state index contributed by atoms with van der Waals surface area (Å²) in [6.45, 7) is 11.0. The van der Waals surface area contributed by atoms with E-state index in [-0.39, 0.29) is 5.60 Å². The smallest absolute Gasteiger partial charge is 0.0631 e. The van der Waals surface area contributed by atoms with Gasteiger partial charge in [-0.1, -0.05) is 6.92 Å². The summed E-state index contributed by atoms with van der Waals surface area (Å²) in [4.78, 5) is 2.47. The fourth-order valence-electron chi connectivity index (χ4n) is 2.80. The van der Waals surface area contributed by atoms with Crippen molar-refractivity contribution in [3.05, 3.63) is 0 Å². The number of piperidine rings is 1. The van der Waals surface area contributed by atoms with Gasteiger partial charge in [-0.3, -0.25) is 0 Å². The second kappa shape index (κ2) is 2.96. The van der Waals surface area contributed by atoms with Gasteiger partial charge in [0.2, 0.25) is 0 Å². The Bertz CT molecular complexity index is 233. The number of ether oxygens (including phenoxy) is 1. The highest BCUT2D eigenvalue weighted by Gasteiger charge is 2.60. The number of hydrogen-bond donors (Lipinski definition) is 0. The number of likely N-dealkylation sites (N-methyl/N-ethyl adjacent to an activating group) is 1. The first-order chi connectivity index (χ1) is 6.32. The molecule has 0 bridgehead atoms. The van der Waals surface area contributed by atoms with Gasteiger partial charge in [0.05, 0.1) is 12.2 Å². The first kappa shape index (κ1) is 10.4. The molecule has 1 saturated carbocycles.